The van der Waals surface area contributed by atoms with Gasteiger partial charge in [-0.3, -0.25) is 0 Å². The summed E-state index contributed by atoms with van der Waals surface area (Å²) in [7, 11) is 5.58. The van der Waals surface area contributed by atoms with Gasteiger partial charge in [0.25, 0.3) is 0 Å². The van der Waals surface area contributed by atoms with Gasteiger partial charge >= 0.3 is 50.5 Å². The van der Waals surface area contributed by atoms with Crippen LogP contribution in [0.3, 0.4) is 0 Å². The maximum absolute atomic E-state index is 4.21. The Bertz CT molecular complexity index is 6.00. The zero-order valence-corrected chi connectivity index (χ0v) is 10.9. The zero-order valence-electron chi connectivity index (χ0n) is 2.69. The van der Waals surface area contributed by atoms with Gasteiger partial charge in [0.2, 0.25) is 0 Å². The Morgan fingerprint density at radius 3 is 1.50 bits per heavy atom. The average Bonchev–Trinajstić information content (AvgIpc) is 1.50. The second-order valence-corrected chi connectivity index (χ2v) is 0. The summed E-state index contributed by atoms with van der Waals surface area (Å²) in [6.07, 6.45) is 0. The first-order valence-electron chi connectivity index (χ1n) is 0.866. The van der Waals surface area contributed by atoms with Crippen molar-refractivity contribution in [3.8, 4) is 0 Å². The molecule has 0 aliphatic rings. The van der Waals surface area contributed by atoms with Crippen molar-refractivity contribution >= 4 is 50.5 Å². The van der Waals surface area contributed by atoms with Crippen LogP contribution in [0, 0.1) is 0 Å². The first-order valence-corrected chi connectivity index (χ1v) is 13.5. The van der Waals surface area contributed by atoms with Crippen LogP contribution >= 0.6 is 10.4 Å². The summed E-state index contributed by atoms with van der Waals surface area (Å²) >= 11 is 2.78. The second-order valence-electron chi connectivity index (χ2n) is 0. The summed E-state index contributed by atoms with van der Waals surface area (Å²) in [5.41, 5.74) is 0. The first-order chi connectivity index (χ1) is 2.00. The average molecular weight is 218 g/mol. The molecule has 0 aromatic heterocycles. The molecule has 0 radical (unpaired) electrons. The van der Waals surface area contributed by atoms with Crippen LogP contribution in [0.2, 0.25) is 0 Å². The Hall–Kier alpha value is 1.55. The van der Waals surface area contributed by atoms with Crippen LogP contribution in [-0.2, 0) is 0 Å². The van der Waals surface area contributed by atoms with Crippen LogP contribution in [0.5, 0.6) is 0 Å². The fourth-order valence-corrected chi connectivity index (χ4v) is 0. The van der Waals surface area contributed by atoms with Crippen molar-refractivity contribution < 1.29 is 0 Å². The molecule has 28 valence electrons. The van der Waals surface area contributed by atoms with Gasteiger partial charge in [0.1, 0.15) is 0 Å². The molecule has 0 saturated carbocycles. The van der Waals surface area contributed by atoms with E-state index in [9.17, 15) is 0 Å². The molecule has 0 bridgehead atoms. The molecule has 0 aliphatic heterocycles. The molecule has 4 heavy (non-hydrogen) atoms. The summed E-state index contributed by atoms with van der Waals surface area (Å²) in [5.74, 6) is 0. The van der Waals surface area contributed by atoms with Crippen LogP contribution in [0.4, 0.5) is 0 Å². The molecular weight excluding hydrogens is 210 g/mol. The van der Waals surface area contributed by atoms with Crippen molar-refractivity contribution in [2.45, 2.75) is 0 Å². The third-order valence-corrected chi connectivity index (χ3v) is 0. The van der Waals surface area contributed by atoms with Gasteiger partial charge in [-0.1, -0.05) is 0 Å². The van der Waals surface area contributed by atoms with Crippen molar-refractivity contribution in [3.05, 3.63) is 0 Å². The van der Waals surface area contributed by atoms with Crippen molar-refractivity contribution in [2.75, 3.05) is 0 Å². The fourth-order valence-electron chi connectivity index (χ4n) is 0. The summed E-state index contributed by atoms with van der Waals surface area (Å²) in [4.78, 5) is 0. The third-order valence-electron chi connectivity index (χ3n) is 0. The van der Waals surface area contributed by atoms with E-state index in [2.05, 4.69) is 10.4 Å². The van der Waals surface area contributed by atoms with Gasteiger partial charge in [0, 0.05) is 0 Å². The van der Waals surface area contributed by atoms with E-state index in [1.165, 1.54) is 8.71 Å². The summed E-state index contributed by atoms with van der Waals surface area (Å²) < 4.78 is 0. The monoisotopic (exact) mass is 218 g/mol. The second kappa shape index (κ2) is 23.8. The van der Waals surface area contributed by atoms with Crippen LogP contribution in [0.25, 0.3) is 0 Å². The van der Waals surface area contributed by atoms with Crippen molar-refractivity contribution in [3.63, 3.8) is 0 Å². The summed E-state index contributed by atoms with van der Waals surface area (Å²) in [6.45, 7) is 0. The number of rotatable bonds is 0. The van der Waals surface area contributed by atoms with E-state index >= 15 is 0 Å². The molecule has 0 spiro atoms. The molecule has 4 heteroatoms. The van der Waals surface area contributed by atoms with Crippen molar-refractivity contribution in [1.29, 1.82) is 0 Å². The number of hydrogen-bond donors (Lipinski definition) is 0. The van der Waals surface area contributed by atoms with Crippen molar-refractivity contribution in [2.24, 2.45) is 0 Å². The van der Waals surface area contributed by atoms with Gasteiger partial charge in [-0.05, 0) is 0 Å². The standard InChI is InChI=1S/AsH3S.AsH5Si/c2*1-2/h1H3;1H2,2H3. The molecule has 0 N–H and O–H groups in total. The van der Waals surface area contributed by atoms with Gasteiger partial charge in [0.15, 0.2) is 0 Å². The van der Waals surface area contributed by atoms with Gasteiger partial charge < -0.3 is 0 Å². The van der Waals surface area contributed by atoms with Gasteiger partial charge in [-0.25, -0.2) is 0 Å². The minimum atomic E-state index is 0.958. The first kappa shape index (κ1) is 9.12. The maximum atomic E-state index is 4.21. The van der Waals surface area contributed by atoms with E-state index in [0.29, 0.717) is 0 Å². The Kier molecular flexibility index (Phi) is 54.3. The summed E-state index contributed by atoms with van der Waals surface area (Å²) in [6, 6.07) is 0. The number of hydrogen-bond acceptors (Lipinski definition) is 1. The zero-order chi connectivity index (χ0) is 4.00. The molecule has 0 aromatic rings. The molecule has 0 aliphatic carbocycles. The predicted molar refractivity (Wildman–Crippen MR) is 36.0 cm³/mol. The van der Waals surface area contributed by atoms with E-state index in [1.54, 1.807) is 0 Å². The molecule has 0 fully saturated rings. The molecule has 0 nitrogen and oxygen atoms in total. The molecule has 2 unspecified atom stereocenters. The van der Waals surface area contributed by atoms with Crippen LogP contribution in [0.15, 0.2) is 0 Å². The molecule has 0 heterocycles. The Morgan fingerprint density at radius 1 is 1.50 bits per heavy atom. The molecule has 0 saturated heterocycles. The topological polar surface area (TPSA) is 0 Å². The van der Waals surface area contributed by atoms with Gasteiger partial charge in [-0.15, -0.1) is 0 Å². The SMILES string of the molecule is S=[AsH3].[SiH3][AsH2]. The Balaban J connectivity index is 0. The van der Waals surface area contributed by atoms with Gasteiger partial charge in [0.05, 0.1) is 0 Å². The molecule has 0 amide bonds. The third kappa shape index (κ3) is 9.60. The van der Waals surface area contributed by atoms with E-state index in [1.807, 2.05) is 16.2 Å². The summed E-state index contributed by atoms with van der Waals surface area (Å²) in [5, 5.41) is 0. The van der Waals surface area contributed by atoms with E-state index in [-0.39, 0.29) is 0 Å². The van der Waals surface area contributed by atoms with Crippen LogP contribution in [-0.4, -0.2) is 40.1 Å². The van der Waals surface area contributed by atoms with E-state index < -0.39 is 0 Å². The molecule has 2 atom stereocenters. The molecule has 0 rings (SSSR count). The Labute approximate surface area is 50.3 Å². The normalized spacial score (nSPS) is 4.25. The van der Waals surface area contributed by atoms with Crippen LogP contribution < -0.4 is 0 Å². The van der Waals surface area contributed by atoms with E-state index in [0.717, 1.165) is 15.2 Å². The van der Waals surface area contributed by atoms with Gasteiger partial charge in [-0.2, -0.15) is 0 Å². The molecule has 0 aromatic carbocycles. The fraction of sp³-hybridized carbons (Fsp3) is 0. The van der Waals surface area contributed by atoms with Crippen molar-refractivity contribution in [1.82, 2.24) is 0 Å². The van der Waals surface area contributed by atoms with Crippen LogP contribution in [0.1, 0.15) is 0 Å². The minimum absolute atomic E-state index is 0.958. The quantitative estimate of drug-likeness (QED) is 0.401. The predicted octanol–water partition coefficient (Wildman–Crippen LogP) is -2.64. The Morgan fingerprint density at radius 2 is 1.50 bits per heavy atom. The molecular formula is H8As2SSi. The van der Waals surface area contributed by atoms with E-state index in [4.69, 9.17) is 0 Å².